The van der Waals surface area contributed by atoms with Crippen molar-refractivity contribution in [3.8, 4) is 0 Å². The molecule has 2 atom stereocenters. The fourth-order valence-corrected chi connectivity index (χ4v) is 2.52. The van der Waals surface area contributed by atoms with Crippen LogP contribution in [0.15, 0.2) is 18.3 Å². The van der Waals surface area contributed by atoms with E-state index in [4.69, 9.17) is 4.74 Å². The van der Waals surface area contributed by atoms with Crippen molar-refractivity contribution in [1.82, 2.24) is 9.88 Å². The zero-order valence-electron chi connectivity index (χ0n) is 11.5. The highest BCUT2D eigenvalue weighted by Gasteiger charge is 2.21. The highest BCUT2D eigenvalue weighted by molar-refractivity contribution is 5.37. The number of ether oxygens (including phenoxy) is 1. The summed E-state index contributed by atoms with van der Waals surface area (Å²) in [6.07, 6.45) is 2.52. The first-order valence-electron chi connectivity index (χ1n) is 6.74. The summed E-state index contributed by atoms with van der Waals surface area (Å²) >= 11 is 0. The highest BCUT2D eigenvalue weighted by atomic mass is 16.5. The molecule has 0 amide bonds. The molecule has 1 aromatic rings. The molecule has 1 aliphatic rings. The Morgan fingerprint density at radius 3 is 2.78 bits per heavy atom. The molecule has 2 rings (SSSR count). The maximum Gasteiger partial charge on any atom is 0.126 e. The molecule has 0 aromatic carbocycles. The number of nitrogens with one attached hydrogen (secondary N) is 1. The minimum atomic E-state index is 0.323. The van der Waals surface area contributed by atoms with Crippen LogP contribution in [0.3, 0.4) is 0 Å². The summed E-state index contributed by atoms with van der Waals surface area (Å²) in [5.41, 5.74) is 1.31. The summed E-state index contributed by atoms with van der Waals surface area (Å²) in [4.78, 5) is 6.75. The summed E-state index contributed by atoms with van der Waals surface area (Å²) in [6.45, 7) is 10.2. The normalized spacial score (nSPS) is 25.1. The molecular formula is C14H23N3O. The van der Waals surface area contributed by atoms with E-state index in [1.807, 2.05) is 6.20 Å². The minimum Gasteiger partial charge on any atom is -0.373 e. The molecule has 0 spiro atoms. The quantitative estimate of drug-likeness (QED) is 0.887. The lowest BCUT2D eigenvalue weighted by atomic mass is 10.2. The summed E-state index contributed by atoms with van der Waals surface area (Å²) in [6, 6.07) is 4.22. The third kappa shape index (κ3) is 3.68. The number of anilines is 1. The maximum absolute atomic E-state index is 5.75. The molecule has 0 radical (unpaired) electrons. The van der Waals surface area contributed by atoms with Gasteiger partial charge in [0.1, 0.15) is 5.82 Å². The van der Waals surface area contributed by atoms with E-state index in [9.17, 15) is 0 Å². The first kappa shape index (κ1) is 13.3. The molecule has 1 saturated heterocycles. The number of morpholine rings is 1. The van der Waals surface area contributed by atoms with Gasteiger partial charge in [-0.15, -0.1) is 0 Å². The lowest BCUT2D eigenvalue weighted by Gasteiger charge is -2.35. The monoisotopic (exact) mass is 249 g/mol. The van der Waals surface area contributed by atoms with Crippen molar-refractivity contribution in [2.75, 3.05) is 25.0 Å². The SMILES string of the molecule is CCNc1cc(CN2CC(C)OC(C)C2)ccn1. The first-order chi connectivity index (χ1) is 8.67. The molecule has 1 aromatic heterocycles. The van der Waals surface area contributed by atoms with Gasteiger partial charge in [0.25, 0.3) is 0 Å². The second kappa shape index (κ2) is 6.16. The molecule has 4 nitrogen and oxygen atoms in total. The van der Waals surface area contributed by atoms with Crippen LogP contribution in [0.1, 0.15) is 26.3 Å². The minimum absolute atomic E-state index is 0.323. The Labute approximate surface area is 109 Å². The van der Waals surface area contributed by atoms with Crippen LogP contribution in [0.5, 0.6) is 0 Å². The van der Waals surface area contributed by atoms with E-state index in [1.165, 1.54) is 5.56 Å². The molecule has 0 saturated carbocycles. The van der Waals surface area contributed by atoms with E-state index in [0.29, 0.717) is 12.2 Å². The molecule has 100 valence electrons. The lowest BCUT2D eigenvalue weighted by Crippen LogP contribution is -2.44. The van der Waals surface area contributed by atoms with Gasteiger partial charge in [-0.2, -0.15) is 0 Å². The van der Waals surface area contributed by atoms with E-state index < -0.39 is 0 Å². The number of pyridine rings is 1. The summed E-state index contributed by atoms with van der Waals surface area (Å²) in [5.74, 6) is 0.962. The Balaban J connectivity index is 1.97. The third-order valence-corrected chi connectivity index (χ3v) is 3.08. The summed E-state index contributed by atoms with van der Waals surface area (Å²) in [7, 11) is 0. The van der Waals surface area contributed by atoms with Crippen LogP contribution in [-0.4, -0.2) is 41.7 Å². The number of nitrogens with zero attached hydrogens (tertiary/aromatic N) is 2. The van der Waals surface area contributed by atoms with Crippen molar-refractivity contribution in [3.63, 3.8) is 0 Å². The van der Waals surface area contributed by atoms with Gasteiger partial charge < -0.3 is 10.1 Å². The van der Waals surface area contributed by atoms with Crippen molar-refractivity contribution >= 4 is 5.82 Å². The van der Waals surface area contributed by atoms with Crippen molar-refractivity contribution in [3.05, 3.63) is 23.9 Å². The fourth-order valence-electron chi connectivity index (χ4n) is 2.52. The van der Waals surface area contributed by atoms with E-state index in [1.54, 1.807) is 0 Å². The standard InChI is InChI=1S/C14H23N3O/c1-4-15-14-7-13(5-6-16-14)10-17-8-11(2)18-12(3)9-17/h5-7,11-12H,4,8-10H2,1-3H3,(H,15,16). The van der Waals surface area contributed by atoms with E-state index >= 15 is 0 Å². The van der Waals surface area contributed by atoms with Crippen LogP contribution in [0.2, 0.25) is 0 Å². The molecule has 1 N–H and O–H groups in total. The summed E-state index contributed by atoms with van der Waals surface area (Å²) in [5, 5.41) is 3.25. The van der Waals surface area contributed by atoms with Gasteiger partial charge in [0.05, 0.1) is 12.2 Å². The Morgan fingerprint density at radius 2 is 2.11 bits per heavy atom. The van der Waals surface area contributed by atoms with Crippen LogP contribution in [0, 0.1) is 0 Å². The number of rotatable bonds is 4. The predicted octanol–water partition coefficient (Wildman–Crippen LogP) is 2.12. The highest BCUT2D eigenvalue weighted by Crippen LogP contribution is 2.15. The predicted molar refractivity (Wildman–Crippen MR) is 73.7 cm³/mol. The molecule has 2 unspecified atom stereocenters. The van der Waals surface area contributed by atoms with Gasteiger partial charge >= 0.3 is 0 Å². The zero-order chi connectivity index (χ0) is 13.0. The van der Waals surface area contributed by atoms with Gasteiger partial charge in [0.2, 0.25) is 0 Å². The largest absolute Gasteiger partial charge is 0.373 e. The van der Waals surface area contributed by atoms with Crippen molar-refractivity contribution in [2.24, 2.45) is 0 Å². The lowest BCUT2D eigenvalue weighted by molar-refractivity contribution is -0.0704. The van der Waals surface area contributed by atoms with E-state index in [0.717, 1.165) is 32.0 Å². The third-order valence-electron chi connectivity index (χ3n) is 3.08. The van der Waals surface area contributed by atoms with Crippen LogP contribution in [-0.2, 0) is 11.3 Å². The van der Waals surface area contributed by atoms with Gasteiger partial charge in [-0.3, -0.25) is 4.90 Å². The molecule has 4 heteroatoms. The number of hydrogen-bond acceptors (Lipinski definition) is 4. The van der Waals surface area contributed by atoms with E-state index in [2.05, 4.69) is 48.1 Å². The van der Waals surface area contributed by atoms with E-state index in [-0.39, 0.29) is 0 Å². The maximum atomic E-state index is 5.75. The first-order valence-corrected chi connectivity index (χ1v) is 6.74. The van der Waals surface area contributed by atoms with Crippen molar-refractivity contribution in [2.45, 2.75) is 39.5 Å². The van der Waals surface area contributed by atoms with Crippen LogP contribution in [0.25, 0.3) is 0 Å². The second-order valence-corrected chi connectivity index (χ2v) is 5.03. The van der Waals surface area contributed by atoms with Gasteiger partial charge in [0.15, 0.2) is 0 Å². The second-order valence-electron chi connectivity index (χ2n) is 5.03. The molecular weight excluding hydrogens is 226 g/mol. The molecule has 2 heterocycles. The average Bonchev–Trinajstić information content (AvgIpc) is 2.28. The molecule has 1 fully saturated rings. The van der Waals surface area contributed by atoms with Gasteiger partial charge in [0, 0.05) is 32.4 Å². The number of aromatic nitrogens is 1. The van der Waals surface area contributed by atoms with Crippen LogP contribution < -0.4 is 5.32 Å². The molecule has 0 bridgehead atoms. The molecule has 18 heavy (non-hydrogen) atoms. The Bertz CT molecular complexity index is 373. The Hall–Kier alpha value is -1.13. The van der Waals surface area contributed by atoms with Crippen LogP contribution in [0.4, 0.5) is 5.82 Å². The van der Waals surface area contributed by atoms with Gasteiger partial charge in [-0.25, -0.2) is 4.98 Å². The van der Waals surface area contributed by atoms with Gasteiger partial charge in [-0.1, -0.05) is 0 Å². The van der Waals surface area contributed by atoms with Gasteiger partial charge in [-0.05, 0) is 38.5 Å². The zero-order valence-corrected chi connectivity index (χ0v) is 11.5. The van der Waals surface area contributed by atoms with Crippen molar-refractivity contribution in [1.29, 1.82) is 0 Å². The number of hydrogen-bond donors (Lipinski definition) is 1. The summed E-state index contributed by atoms with van der Waals surface area (Å²) < 4.78 is 5.75. The smallest absolute Gasteiger partial charge is 0.126 e. The van der Waals surface area contributed by atoms with Crippen molar-refractivity contribution < 1.29 is 4.74 Å². The fraction of sp³-hybridized carbons (Fsp3) is 0.643. The average molecular weight is 249 g/mol. The Morgan fingerprint density at radius 1 is 1.39 bits per heavy atom. The van der Waals surface area contributed by atoms with Crippen LogP contribution >= 0.6 is 0 Å². The Kier molecular flexibility index (Phi) is 4.55. The topological polar surface area (TPSA) is 37.4 Å². The molecule has 0 aliphatic carbocycles. The molecule has 1 aliphatic heterocycles.